The van der Waals surface area contributed by atoms with Crippen molar-refractivity contribution in [3.63, 3.8) is 0 Å². The number of aliphatic carboxylic acids is 1. The maximum atomic E-state index is 12.8. The van der Waals surface area contributed by atoms with Crippen molar-refractivity contribution in [1.82, 2.24) is 9.88 Å². The molecule has 43 heavy (non-hydrogen) atoms. The van der Waals surface area contributed by atoms with Crippen LogP contribution >= 0.6 is 0 Å². The number of carboxylic acids is 1. The predicted molar refractivity (Wildman–Crippen MR) is 166 cm³/mol. The van der Waals surface area contributed by atoms with Crippen molar-refractivity contribution in [1.29, 1.82) is 0 Å². The van der Waals surface area contributed by atoms with E-state index in [0.29, 0.717) is 30.2 Å². The first-order valence-electron chi connectivity index (χ1n) is 14.8. The predicted octanol–water partition coefficient (Wildman–Crippen LogP) is 6.90. The van der Waals surface area contributed by atoms with Crippen molar-refractivity contribution >= 4 is 28.7 Å². The van der Waals surface area contributed by atoms with Crippen molar-refractivity contribution in [3.8, 4) is 16.9 Å². The summed E-state index contributed by atoms with van der Waals surface area (Å²) in [6.07, 6.45) is 3.36. The SMILES string of the molecule is CC(C)(C)OC(=O)N1CCC2(CC1)C[C@H](Oc1ccccc1CC(=O)O)c1cc(-c3cccc4c(N)nccc34)ccc12. The van der Waals surface area contributed by atoms with Gasteiger partial charge in [-0.15, -0.1) is 0 Å². The molecule has 1 aliphatic carbocycles. The number of aromatic nitrogens is 1. The average molecular weight is 580 g/mol. The van der Waals surface area contributed by atoms with Crippen LogP contribution in [0.4, 0.5) is 10.6 Å². The van der Waals surface area contributed by atoms with Gasteiger partial charge in [-0.1, -0.05) is 48.5 Å². The van der Waals surface area contributed by atoms with Crippen LogP contribution in [0.25, 0.3) is 21.9 Å². The Morgan fingerprint density at radius 2 is 1.79 bits per heavy atom. The first-order valence-corrected chi connectivity index (χ1v) is 14.8. The summed E-state index contributed by atoms with van der Waals surface area (Å²) in [6.45, 7) is 6.83. The molecular formula is C35H37N3O5. The number of ether oxygens (including phenoxy) is 2. The van der Waals surface area contributed by atoms with Crippen LogP contribution in [0.2, 0.25) is 0 Å². The standard InChI is InChI=1S/C35H37N3O5/c1-34(2,3)43-33(41)38-17-14-35(15-18-38)21-30(42-29-10-5-4-7-23(29)20-31(39)40)27-19-22(11-12-28(27)35)24-8-6-9-26-25(24)13-16-37-32(26)36/h4-13,16,19,30H,14-15,17-18,20-21H2,1-3H3,(H2,36,37)(H,39,40)/t30-/m0/s1. The van der Waals surface area contributed by atoms with Crippen molar-refractivity contribution in [2.24, 2.45) is 0 Å². The molecule has 1 spiro atoms. The number of hydrogen-bond acceptors (Lipinski definition) is 6. The van der Waals surface area contributed by atoms with E-state index >= 15 is 0 Å². The summed E-state index contributed by atoms with van der Waals surface area (Å²) in [5.74, 6) is 0.173. The largest absolute Gasteiger partial charge is 0.485 e. The van der Waals surface area contributed by atoms with Crippen LogP contribution in [0.3, 0.4) is 0 Å². The van der Waals surface area contributed by atoms with E-state index in [4.69, 9.17) is 15.2 Å². The molecule has 1 aromatic heterocycles. The van der Waals surface area contributed by atoms with Crippen LogP contribution in [0.5, 0.6) is 5.75 Å². The Labute approximate surface area is 251 Å². The highest BCUT2D eigenvalue weighted by Gasteiger charge is 2.47. The lowest BCUT2D eigenvalue weighted by molar-refractivity contribution is -0.136. The number of hydrogen-bond donors (Lipinski definition) is 2. The highest BCUT2D eigenvalue weighted by atomic mass is 16.6. The zero-order chi connectivity index (χ0) is 30.4. The number of rotatable bonds is 5. The lowest BCUT2D eigenvalue weighted by Gasteiger charge is -2.40. The summed E-state index contributed by atoms with van der Waals surface area (Å²) in [7, 11) is 0. The van der Waals surface area contributed by atoms with Crippen molar-refractivity contribution in [2.45, 2.75) is 63.6 Å². The Hall–Kier alpha value is -4.59. The van der Waals surface area contributed by atoms with E-state index in [1.54, 1.807) is 17.2 Å². The highest BCUT2D eigenvalue weighted by molar-refractivity contribution is 6.01. The van der Waals surface area contributed by atoms with Crippen LogP contribution < -0.4 is 10.5 Å². The van der Waals surface area contributed by atoms with E-state index in [0.717, 1.165) is 46.7 Å². The fraction of sp³-hybridized carbons (Fsp3) is 0.343. The number of nitrogens with two attached hydrogens (primary N) is 1. The molecule has 2 aliphatic rings. The number of anilines is 1. The first-order chi connectivity index (χ1) is 20.5. The lowest BCUT2D eigenvalue weighted by atomic mass is 9.73. The maximum Gasteiger partial charge on any atom is 0.410 e. The van der Waals surface area contributed by atoms with Crippen LogP contribution in [0.1, 0.15) is 62.8 Å². The van der Waals surface area contributed by atoms with Gasteiger partial charge in [0.2, 0.25) is 0 Å². The second-order valence-corrected chi connectivity index (χ2v) is 12.6. The Morgan fingerprint density at radius 1 is 1.02 bits per heavy atom. The van der Waals surface area contributed by atoms with Gasteiger partial charge in [-0.25, -0.2) is 9.78 Å². The summed E-state index contributed by atoms with van der Waals surface area (Å²) >= 11 is 0. The van der Waals surface area contributed by atoms with E-state index in [9.17, 15) is 14.7 Å². The molecule has 4 aromatic rings. The Morgan fingerprint density at radius 3 is 2.53 bits per heavy atom. The summed E-state index contributed by atoms with van der Waals surface area (Å²) < 4.78 is 12.4. The number of amides is 1. The van der Waals surface area contributed by atoms with Crippen LogP contribution in [0.15, 0.2) is 72.9 Å². The zero-order valence-electron chi connectivity index (χ0n) is 24.8. The molecule has 0 saturated carbocycles. The Balaban J connectivity index is 1.38. The van der Waals surface area contributed by atoms with E-state index in [1.807, 2.05) is 57.2 Å². The number of likely N-dealkylation sites (tertiary alicyclic amines) is 1. The van der Waals surface area contributed by atoms with Gasteiger partial charge in [-0.2, -0.15) is 0 Å². The van der Waals surface area contributed by atoms with Crippen molar-refractivity contribution < 1.29 is 24.2 Å². The number of carboxylic acid groups (broad SMARTS) is 1. The number of benzene rings is 3. The molecule has 3 aromatic carbocycles. The van der Waals surface area contributed by atoms with E-state index in [1.165, 1.54) is 5.56 Å². The summed E-state index contributed by atoms with van der Waals surface area (Å²) in [4.78, 5) is 30.5. The smallest absolute Gasteiger partial charge is 0.410 e. The topological polar surface area (TPSA) is 115 Å². The number of carbonyl (C=O) groups is 2. The lowest BCUT2D eigenvalue weighted by Crippen LogP contribution is -2.46. The molecular weight excluding hydrogens is 542 g/mol. The minimum atomic E-state index is -0.902. The third-order valence-corrected chi connectivity index (χ3v) is 8.65. The molecule has 2 heterocycles. The summed E-state index contributed by atoms with van der Waals surface area (Å²) in [6, 6.07) is 22.0. The Bertz CT molecular complexity index is 1700. The molecule has 8 nitrogen and oxygen atoms in total. The first kappa shape index (κ1) is 28.5. The van der Waals surface area contributed by atoms with Gasteiger partial charge in [0.15, 0.2) is 0 Å². The third-order valence-electron chi connectivity index (χ3n) is 8.65. The number of nitrogen functional groups attached to an aromatic ring is 1. The van der Waals surface area contributed by atoms with Crippen molar-refractivity contribution in [3.05, 3.63) is 89.6 Å². The molecule has 3 N–H and O–H groups in total. The average Bonchev–Trinajstić information content (AvgIpc) is 3.25. The second kappa shape index (κ2) is 10.9. The van der Waals surface area contributed by atoms with Crippen LogP contribution in [0, 0.1) is 0 Å². The summed E-state index contributed by atoms with van der Waals surface area (Å²) in [5.41, 5.74) is 10.5. The normalized spacial score (nSPS) is 17.6. The molecule has 1 saturated heterocycles. The minimum Gasteiger partial charge on any atom is -0.485 e. The Kier molecular flexibility index (Phi) is 7.24. The van der Waals surface area contributed by atoms with Gasteiger partial charge in [-0.05, 0) is 85.9 Å². The maximum absolute atomic E-state index is 12.8. The van der Waals surface area contributed by atoms with Gasteiger partial charge in [0, 0.05) is 35.7 Å². The molecule has 1 atom stereocenters. The number of piperidine rings is 1. The molecule has 222 valence electrons. The van der Waals surface area contributed by atoms with Crippen LogP contribution in [-0.4, -0.2) is 45.7 Å². The van der Waals surface area contributed by atoms with Gasteiger partial charge in [0.25, 0.3) is 0 Å². The molecule has 1 fully saturated rings. The van der Waals surface area contributed by atoms with Gasteiger partial charge in [0.1, 0.15) is 23.3 Å². The summed E-state index contributed by atoms with van der Waals surface area (Å²) in [5, 5.41) is 11.4. The molecule has 6 rings (SSSR count). The van der Waals surface area contributed by atoms with Gasteiger partial charge >= 0.3 is 12.1 Å². The van der Waals surface area contributed by atoms with Gasteiger partial charge in [-0.3, -0.25) is 4.79 Å². The highest BCUT2D eigenvalue weighted by Crippen LogP contribution is 2.53. The van der Waals surface area contributed by atoms with E-state index in [-0.39, 0.29) is 24.0 Å². The molecule has 0 unspecified atom stereocenters. The molecule has 1 aliphatic heterocycles. The van der Waals surface area contributed by atoms with Gasteiger partial charge in [0.05, 0.1) is 6.42 Å². The second-order valence-electron chi connectivity index (χ2n) is 12.6. The number of carbonyl (C=O) groups excluding carboxylic acids is 1. The van der Waals surface area contributed by atoms with E-state index < -0.39 is 11.6 Å². The number of para-hydroxylation sites is 1. The molecule has 8 heteroatoms. The number of nitrogens with zero attached hydrogens (tertiary/aromatic N) is 2. The van der Waals surface area contributed by atoms with Crippen molar-refractivity contribution in [2.75, 3.05) is 18.8 Å². The quantitative estimate of drug-likeness (QED) is 0.264. The third kappa shape index (κ3) is 5.61. The molecule has 0 bridgehead atoms. The fourth-order valence-electron chi connectivity index (χ4n) is 6.64. The van der Waals surface area contributed by atoms with E-state index in [2.05, 4.69) is 29.2 Å². The number of fused-ring (bicyclic) bond motifs is 3. The van der Waals surface area contributed by atoms with Crippen LogP contribution in [-0.2, 0) is 21.4 Å². The molecule has 0 radical (unpaired) electrons. The minimum absolute atomic E-state index is 0.114. The monoisotopic (exact) mass is 579 g/mol. The fourth-order valence-corrected chi connectivity index (χ4v) is 6.64. The molecule has 1 amide bonds. The zero-order valence-corrected chi connectivity index (χ0v) is 24.8. The number of pyridine rings is 1. The van der Waals surface area contributed by atoms with Gasteiger partial charge < -0.3 is 25.2 Å².